The van der Waals surface area contributed by atoms with E-state index >= 15 is 0 Å². The molecule has 7 heteroatoms. The van der Waals surface area contributed by atoms with E-state index in [1.807, 2.05) is 60.6 Å². The van der Waals surface area contributed by atoms with Gasteiger partial charge in [-0.25, -0.2) is 9.78 Å². The molecule has 2 saturated heterocycles. The number of carbonyl (C=O) groups is 1. The Morgan fingerprint density at radius 2 is 1.96 bits per heavy atom. The van der Waals surface area contributed by atoms with Crippen LogP contribution in [0.3, 0.4) is 0 Å². The van der Waals surface area contributed by atoms with Crippen LogP contribution in [-0.4, -0.2) is 64.7 Å². The molecule has 0 unspecified atom stereocenters. The minimum absolute atomic E-state index is 0.0776. The Morgan fingerprint density at radius 1 is 1.23 bits per heavy atom. The minimum Gasteiger partial charge on any atom is -0.326 e. The van der Waals surface area contributed by atoms with Crippen LogP contribution in [-0.2, 0) is 6.54 Å². The zero-order valence-corrected chi connectivity index (χ0v) is 15.4. The number of imidazole rings is 1. The summed E-state index contributed by atoms with van der Waals surface area (Å²) in [5, 5.41) is 0. The maximum atomic E-state index is 12.8. The normalized spacial score (nSPS) is 23.0. The smallest absolute Gasteiger partial charge is 0.324 e. The number of fused-ring (bicyclic) bond motifs is 1. The van der Waals surface area contributed by atoms with Crippen LogP contribution in [0.2, 0.25) is 0 Å². The van der Waals surface area contributed by atoms with Crippen molar-refractivity contribution in [3.63, 3.8) is 0 Å². The van der Waals surface area contributed by atoms with Crippen molar-refractivity contribution in [2.24, 2.45) is 5.73 Å². The summed E-state index contributed by atoms with van der Waals surface area (Å²) in [6.07, 6.45) is 5.77. The molecule has 2 aliphatic heterocycles. The average Bonchev–Trinajstić information content (AvgIpc) is 3.21. The van der Waals surface area contributed by atoms with E-state index in [4.69, 9.17) is 5.73 Å². The molecule has 26 heavy (non-hydrogen) atoms. The fraction of sp³-hybridized carbons (Fsp3) is 0.474. The van der Waals surface area contributed by atoms with Gasteiger partial charge >= 0.3 is 6.03 Å². The van der Waals surface area contributed by atoms with Gasteiger partial charge in [0.2, 0.25) is 0 Å². The van der Waals surface area contributed by atoms with Gasteiger partial charge in [0.15, 0.2) is 0 Å². The molecule has 2 atom stereocenters. The molecule has 2 N–H and O–H groups in total. The van der Waals surface area contributed by atoms with E-state index in [0.717, 1.165) is 43.1 Å². The molecule has 4 rings (SSSR count). The number of nitrogens with zero attached hydrogens (tertiary/aromatic N) is 5. The van der Waals surface area contributed by atoms with E-state index in [-0.39, 0.29) is 18.1 Å². The Morgan fingerprint density at radius 3 is 2.65 bits per heavy atom. The fourth-order valence-electron chi connectivity index (χ4n) is 3.96. The molecule has 2 aliphatic rings. The van der Waals surface area contributed by atoms with Gasteiger partial charge < -0.3 is 20.1 Å². The molecule has 0 aliphatic carbocycles. The molecule has 138 valence electrons. The number of nitrogens with two attached hydrogens (primary N) is 1. The van der Waals surface area contributed by atoms with Gasteiger partial charge in [0.05, 0.1) is 12.6 Å². The number of benzene rings is 1. The minimum atomic E-state index is 0.0776. The lowest BCUT2D eigenvalue weighted by Crippen LogP contribution is -2.50. The lowest BCUT2D eigenvalue weighted by Gasteiger charge is -2.32. The number of hydrogen-bond donors (Lipinski definition) is 1. The zero-order valence-electron chi connectivity index (χ0n) is 15.4. The molecule has 0 spiro atoms. The summed E-state index contributed by atoms with van der Waals surface area (Å²) in [7, 11) is 4.06. The number of urea groups is 1. The van der Waals surface area contributed by atoms with Crippen LogP contribution in [0, 0.1) is 0 Å². The molecule has 0 bridgehead atoms. The predicted octanol–water partition coefficient (Wildman–Crippen LogP) is 1.67. The van der Waals surface area contributed by atoms with E-state index < -0.39 is 0 Å². The van der Waals surface area contributed by atoms with E-state index in [2.05, 4.69) is 14.5 Å². The molecule has 2 amide bonds. The Labute approximate surface area is 154 Å². The highest BCUT2D eigenvalue weighted by Gasteiger charge is 2.42. The maximum Gasteiger partial charge on any atom is 0.324 e. The third-order valence-corrected chi connectivity index (χ3v) is 5.29. The molecule has 3 heterocycles. The molecule has 0 saturated carbocycles. The Kier molecular flexibility index (Phi) is 4.42. The molecule has 1 aromatic heterocycles. The highest BCUT2D eigenvalue weighted by Crippen LogP contribution is 2.29. The van der Waals surface area contributed by atoms with E-state index in [9.17, 15) is 4.79 Å². The summed E-state index contributed by atoms with van der Waals surface area (Å²) in [6.45, 7) is 2.26. The first kappa shape index (κ1) is 17.1. The summed E-state index contributed by atoms with van der Waals surface area (Å²) in [4.78, 5) is 23.1. The Balaban J connectivity index is 1.55. The van der Waals surface area contributed by atoms with Crippen molar-refractivity contribution in [3.05, 3.63) is 42.5 Å². The lowest BCUT2D eigenvalue weighted by atomic mass is 9.99. The lowest BCUT2D eigenvalue weighted by molar-refractivity contribution is 0.175. The van der Waals surface area contributed by atoms with Crippen molar-refractivity contribution in [3.8, 4) is 5.69 Å². The maximum absolute atomic E-state index is 12.8. The van der Waals surface area contributed by atoms with E-state index in [0.29, 0.717) is 6.54 Å². The van der Waals surface area contributed by atoms with Gasteiger partial charge in [-0.1, -0.05) is 0 Å². The van der Waals surface area contributed by atoms with Gasteiger partial charge in [0.1, 0.15) is 5.82 Å². The largest absolute Gasteiger partial charge is 0.326 e. The van der Waals surface area contributed by atoms with Crippen LogP contribution >= 0.6 is 0 Å². The molecule has 2 fully saturated rings. The van der Waals surface area contributed by atoms with Crippen LogP contribution in [0.1, 0.15) is 18.7 Å². The second kappa shape index (κ2) is 6.74. The van der Waals surface area contributed by atoms with Crippen molar-refractivity contribution < 1.29 is 4.79 Å². The van der Waals surface area contributed by atoms with Gasteiger partial charge in [0, 0.05) is 42.9 Å². The van der Waals surface area contributed by atoms with Crippen LogP contribution in [0.5, 0.6) is 0 Å². The number of anilines is 1. The number of rotatable bonds is 4. The third kappa shape index (κ3) is 2.97. The molecular formula is C19H26N6O. The monoisotopic (exact) mass is 354 g/mol. The predicted molar refractivity (Wildman–Crippen MR) is 101 cm³/mol. The number of amides is 2. The molecule has 7 nitrogen and oxygen atoms in total. The van der Waals surface area contributed by atoms with Gasteiger partial charge in [-0.15, -0.1) is 0 Å². The molecular weight excluding hydrogens is 328 g/mol. The van der Waals surface area contributed by atoms with Crippen molar-refractivity contribution in [1.82, 2.24) is 19.4 Å². The second-order valence-corrected chi connectivity index (χ2v) is 7.43. The highest BCUT2D eigenvalue weighted by molar-refractivity contribution is 5.95. The van der Waals surface area contributed by atoms with Crippen molar-refractivity contribution in [1.29, 1.82) is 0 Å². The van der Waals surface area contributed by atoms with E-state index in [1.54, 1.807) is 0 Å². The number of aromatic nitrogens is 2. The summed E-state index contributed by atoms with van der Waals surface area (Å²) in [6, 6.07) is 8.40. The summed E-state index contributed by atoms with van der Waals surface area (Å²) in [5.74, 6) is 0.989. The number of carbonyl (C=O) groups excluding carboxylic acids is 1. The van der Waals surface area contributed by atoms with Crippen molar-refractivity contribution >= 4 is 11.7 Å². The first-order chi connectivity index (χ1) is 12.5. The second-order valence-electron chi connectivity index (χ2n) is 7.43. The Hall–Kier alpha value is -2.38. The van der Waals surface area contributed by atoms with Gasteiger partial charge in [0.25, 0.3) is 0 Å². The Bertz CT molecular complexity index is 784. The van der Waals surface area contributed by atoms with Gasteiger partial charge in [-0.2, -0.15) is 0 Å². The van der Waals surface area contributed by atoms with Crippen LogP contribution in [0.15, 0.2) is 36.7 Å². The topological polar surface area (TPSA) is 70.6 Å². The van der Waals surface area contributed by atoms with Crippen molar-refractivity contribution in [2.75, 3.05) is 32.1 Å². The van der Waals surface area contributed by atoms with Gasteiger partial charge in [-0.05, 0) is 51.2 Å². The molecule has 0 radical (unpaired) electrons. The summed E-state index contributed by atoms with van der Waals surface area (Å²) in [5.41, 5.74) is 8.20. The summed E-state index contributed by atoms with van der Waals surface area (Å²) >= 11 is 0. The first-order valence-corrected chi connectivity index (χ1v) is 9.15. The average molecular weight is 354 g/mol. The zero-order chi connectivity index (χ0) is 18.3. The standard InChI is InChI=1S/C19H26N6O/c1-22(2)13-18-21-9-11-23(18)14-5-7-15(8-6-14)25-12-17-16(20)4-3-10-24(17)19(25)26/h5-9,11,16-17H,3-4,10,12-13,20H2,1-2H3/t16-,17-/m1/s1. The first-order valence-electron chi connectivity index (χ1n) is 9.15. The SMILES string of the molecule is CN(C)Cc1nccn1-c1ccc(N2C[C@@H]3[C@H](N)CCCN3C2=O)cc1. The van der Waals surface area contributed by atoms with Crippen LogP contribution in [0.25, 0.3) is 5.69 Å². The highest BCUT2D eigenvalue weighted by atomic mass is 16.2. The fourth-order valence-corrected chi connectivity index (χ4v) is 3.96. The van der Waals surface area contributed by atoms with Crippen LogP contribution in [0.4, 0.5) is 10.5 Å². The number of piperidine rings is 1. The van der Waals surface area contributed by atoms with E-state index in [1.165, 1.54) is 0 Å². The molecule has 2 aromatic rings. The van der Waals surface area contributed by atoms with Gasteiger partial charge in [-0.3, -0.25) is 4.90 Å². The summed E-state index contributed by atoms with van der Waals surface area (Å²) < 4.78 is 2.08. The number of hydrogen-bond acceptors (Lipinski definition) is 4. The third-order valence-electron chi connectivity index (χ3n) is 5.29. The van der Waals surface area contributed by atoms with Crippen LogP contribution < -0.4 is 10.6 Å². The van der Waals surface area contributed by atoms with Crippen molar-refractivity contribution in [2.45, 2.75) is 31.5 Å². The molecule has 1 aromatic carbocycles. The quantitative estimate of drug-likeness (QED) is 0.907.